The molecule has 426 valence electrons. The molecule has 0 aliphatic heterocycles. The van der Waals surface area contributed by atoms with Gasteiger partial charge in [0.15, 0.2) is 0 Å². The fraction of sp³-hybridized carbons (Fsp3) is 0.520. The Morgan fingerprint density at radius 2 is 1.19 bits per heavy atom. The van der Waals surface area contributed by atoms with Gasteiger partial charge in [-0.05, 0) is 73.1 Å². The van der Waals surface area contributed by atoms with Crippen LogP contribution >= 0.6 is 0 Å². The second-order valence-electron chi connectivity index (χ2n) is 17.3. The Morgan fingerprint density at radius 3 is 1.79 bits per heavy atom. The van der Waals surface area contributed by atoms with Crippen molar-refractivity contribution in [3.63, 3.8) is 0 Å². The number of nitrogens with zero attached hydrogens (tertiary/aromatic N) is 1. The van der Waals surface area contributed by atoms with E-state index in [1.165, 1.54) is 6.92 Å². The van der Waals surface area contributed by atoms with Crippen LogP contribution in [0.5, 0.6) is 5.75 Å². The van der Waals surface area contributed by atoms with Gasteiger partial charge in [0.05, 0.1) is 70.3 Å². The van der Waals surface area contributed by atoms with Crippen LogP contribution in [0.3, 0.4) is 0 Å². The first kappa shape index (κ1) is 64.0. The fourth-order valence-electron chi connectivity index (χ4n) is 7.23. The molecule has 0 spiro atoms. The molecule has 0 heterocycles. The van der Waals surface area contributed by atoms with Gasteiger partial charge in [0.25, 0.3) is 0 Å². The number of aliphatic carboxylic acids is 3. The first-order valence-corrected chi connectivity index (χ1v) is 24.4. The predicted molar refractivity (Wildman–Crippen MR) is 261 cm³/mol. The van der Waals surface area contributed by atoms with Gasteiger partial charge in [-0.3, -0.25) is 24.0 Å². The number of fused-ring (bicyclic) bond motifs is 1. The van der Waals surface area contributed by atoms with Gasteiger partial charge in [0.2, 0.25) is 23.6 Å². The maximum Gasteiger partial charge on any atom is 0.416 e. The highest BCUT2D eigenvalue weighted by atomic mass is 19.4. The van der Waals surface area contributed by atoms with Crippen LogP contribution in [0.25, 0.3) is 10.8 Å². The molecule has 8 N–H and O–H groups in total. The number of carboxylic acids is 3. The number of ether oxygens (including phenoxy) is 4. The van der Waals surface area contributed by atoms with Crippen molar-refractivity contribution in [3.8, 4) is 5.75 Å². The maximum atomic E-state index is 13.8. The highest BCUT2D eigenvalue weighted by molar-refractivity contribution is 5.91. The van der Waals surface area contributed by atoms with Crippen LogP contribution in [-0.2, 0) is 66.5 Å². The Labute approximate surface area is 438 Å². The van der Waals surface area contributed by atoms with Crippen LogP contribution in [0.2, 0.25) is 0 Å². The summed E-state index contributed by atoms with van der Waals surface area (Å²) in [5, 5.41) is 41.7. The molecule has 0 radical (unpaired) electrons. The molecule has 3 rings (SSSR count). The highest BCUT2D eigenvalue weighted by Crippen LogP contribution is 2.38. The monoisotopic (exact) mass is 1100 g/mol. The molecule has 3 atom stereocenters. The third-order valence-corrected chi connectivity index (χ3v) is 11.1. The molecule has 3 aromatic rings. The Morgan fingerprint density at radius 1 is 0.597 bits per heavy atom. The zero-order chi connectivity index (χ0) is 57.0. The lowest BCUT2D eigenvalue weighted by molar-refractivity contribution is -0.144. The van der Waals surface area contributed by atoms with Gasteiger partial charge in [0.1, 0.15) is 23.9 Å². The van der Waals surface area contributed by atoms with E-state index in [1.54, 1.807) is 6.07 Å². The number of unbranched alkanes of at least 4 members (excludes halogenated alkanes) is 2. The summed E-state index contributed by atoms with van der Waals surface area (Å²) in [5.74, 6) is -7.19. The summed E-state index contributed by atoms with van der Waals surface area (Å²) in [6, 6.07) is 8.09. The van der Waals surface area contributed by atoms with Gasteiger partial charge in [-0.2, -0.15) is 26.3 Å². The molecule has 0 bridgehead atoms. The zero-order valence-electron chi connectivity index (χ0n) is 42.1. The van der Waals surface area contributed by atoms with E-state index < -0.39 is 108 Å². The highest BCUT2D eigenvalue weighted by Gasteiger charge is 2.37. The summed E-state index contributed by atoms with van der Waals surface area (Å²) >= 11 is 0. The number of rotatable bonds is 36. The predicted octanol–water partition coefficient (Wildman–Crippen LogP) is 4.53. The number of alkyl halides is 6. The molecule has 0 aromatic heterocycles. The Bertz CT molecular complexity index is 2400. The van der Waals surface area contributed by atoms with Gasteiger partial charge in [-0.25, -0.2) is 14.4 Å². The van der Waals surface area contributed by atoms with E-state index in [0.717, 1.165) is 15.7 Å². The number of carbonyl (C=O) groups is 8. The average Bonchev–Trinajstić information content (AvgIpc) is 3.35. The molecule has 0 fully saturated rings. The molecular formula is C50H64F6N6O15. The first-order chi connectivity index (χ1) is 36.4. The molecule has 77 heavy (non-hydrogen) atoms. The Hall–Kier alpha value is -7.26. The number of amides is 6. The number of hydrogen-bond donors (Lipinski definition) is 8. The minimum Gasteiger partial charge on any atom is -0.494 e. The lowest BCUT2D eigenvalue weighted by atomic mass is 10.0. The largest absolute Gasteiger partial charge is 0.494 e. The summed E-state index contributed by atoms with van der Waals surface area (Å²) in [6.45, 7) is 1.42. The summed E-state index contributed by atoms with van der Waals surface area (Å²) in [7, 11) is 0. The van der Waals surface area contributed by atoms with E-state index in [4.69, 9.17) is 24.1 Å². The molecule has 0 saturated heterocycles. The maximum absolute atomic E-state index is 13.8. The van der Waals surface area contributed by atoms with Crippen LogP contribution in [0.4, 0.5) is 31.1 Å². The molecule has 0 aliphatic carbocycles. The summed E-state index contributed by atoms with van der Waals surface area (Å²) < 4.78 is 102. The fourth-order valence-corrected chi connectivity index (χ4v) is 7.23. The minimum atomic E-state index is -5.10. The number of nitrogens with one attached hydrogen (secondary N) is 5. The number of carboxylic acid groups (broad SMARTS) is 3. The number of halogens is 6. The van der Waals surface area contributed by atoms with Gasteiger partial charge in [-0.15, -0.1) is 0 Å². The summed E-state index contributed by atoms with van der Waals surface area (Å²) in [6.07, 6.45) is -11.3. The third-order valence-electron chi connectivity index (χ3n) is 11.1. The van der Waals surface area contributed by atoms with Gasteiger partial charge < -0.3 is 65.8 Å². The van der Waals surface area contributed by atoms with Crippen LogP contribution in [0, 0.1) is 0 Å². The third kappa shape index (κ3) is 25.9. The van der Waals surface area contributed by atoms with Crippen molar-refractivity contribution in [1.82, 2.24) is 31.5 Å². The van der Waals surface area contributed by atoms with Crippen molar-refractivity contribution in [2.24, 2.45) is 0 Å². The molecule has 6 amide bonds. The van der Waals surface area contributed by atoms with E-state index in [9.17, 15) is 74.9 Å². The van der Waals surface area contributed by atoms with Crippen LogP contribution in [0.15, 0.2) is 60.7 Å². The molecule has 21 nitrogen and oxygen atoms in total. The van der Waals surface area contributed by atoms with E-state index >= 15 is 0 Å². The van der Waals surface area contributed by atoms with Crippen molar-refractivity contribution in [2.45, 2.75) is 95.2 Å². The van der Waals surface area contributed by atoms with E-state index in [2.05, 4.69) is 21.3 Å². The second kappa shape index (κ2) is 33.0. The molecular weight excluding hydrogens is 1040 g/mol. The molecule has 0 aliphatic rings. The van der Waals surface area contributed by atoms with E-state index in [0.29, 0.717) is 24.2 Å². The van der Waals surface area contributed by atoms with Gasteiger partial charge in [0, 0.05) is 39.4 Å². The van der Waals surface area contributed by atoms with E-state index in [1.807, 2.05) is 41.7 Å². The molecule has 3 aromatic carbocycles. The Kier molecular flexibility index (Phi) is 27.5. The molecule has 0 unspecified atom stereocenters. The number of hydrogen-bond acceptors (Lipinski definition) is 12. The normalized spacial score (nSPS) is 12.7. The van der Waals surface area contributed by atoms with Crippen molar-refractivity contribution in [1.29, 1.82) is 0 Å². The first-order valence-electron chi connectivity index (χ1n) is 24.4. The van der Waals surface area contributed by atoms with Gasteiger partial charge >= 0.3 is 36.3 Å². The summed E-state index contributed by atoms with van der Waals surface area (Å²) in [4.78, 5) is 100.0. The van der Waals surface area contributed by atoms with Crippen molar-refractivity contribution >= 4 is 58.3 Å². The minimum absolute atomic E-state index is 0.0110. The standard InChI is InChI=1S/C50H64F6N6O15/c1-32(63)57-17-21-75-23-25-76-24-22-74-20-15-43(65)62(18-6-7-19-77-38-29-36(49(51,52)53)28-37(30-38)50(54,55)56)31-42(64)59-41(27-33-11-12-34-8-2-3-9-35(34)26-33)45(68)58-16-5-4-10-39(46(69)70)60-48(73)61-40(47(71)72)13-14-44(66)67/h2-3,8-9,11-12,26,28-30,39-41H,4-7,10,13-25,27,31H2,1H3,(H,57,63)(H,58,68)(H,59,64)(H,66,67)(H,69,70)(H,71,72)(H2,60,61,73)/t39-,40-,41-/m0/s1. The van der Waals surface area contributed by atoms with Gasteiger partial charge in [-0.1, -0.05) is 42.5 Å². The molecule has 0 saturated carbocycles. The number of benzene rings is 3. The summed E-state index contributed by atoms with van der Waals surface area (Å²) in [5.41, 5.74) is -2.49. The SMILES string of the molecule is CC(=O)NCCOCCOCCOCCC(=O)N(CCCCOc1cc(C(F)(F)F)cc(C(F)(F)F)c1)CC(=O)N[C@@H](Cc1ccc2ccccc2c1)C(=O)NCCCC[C@H](NC(=O)N[C@@H](CCC(=O)O)C(=O)O)C(=O)O. The molecule has 27 heteroatoms. The average molecular weight is 1100 g/mol. The Balaban J connectivity index is 1.68. The quantitative estimate of drug-likeness (QED) is 0.0293. The number of urea groups is 1. The van der Waals surface area contributed by atoms with Crippen LogP contribution in [0.1, 0.15) is 75.0 Å². The van der Waals surface area contributed by atoms with Crippen molar-refractivity contribution in [3.05, 3.63) is 77.4 Å². The van der Waals surface area contributed by atoms with Crippen molar-refractivity contribution < 1.29 is 99.0 Å². The van der Waals surface area contributed by atoms with Crippen LogP contribution in [-0.4, -0.2) is 158 Å². The zero-order valence-corrected chi connectivity index (χ0v) is 42.1. The van der Waals surface area contributed by atoms with E-state index in [-0.39, 0.29) is 116 Å². The smallest absolute Gasteiger partial charge is 0.416 e. The lowest BCUT2D eigenvalue weighted by Crippen LogP contribution is -2.51. The number of carbonyl (C=O) groups excluding carboxylic acids is 5. The van der Waals surface area contributed by atoms with Crippen molar-refractivity contribution in [2.75, 3.05) is 72.4 Å². The topological polar surface area (TPSA) is 298 Å². The van der Waals surface area contributed by atoms with Crippen LogP contribution < -0.4 is 31.3 Å². The second-order valence-corrected chi connectivity index (χ2v) is 17.3. The lowest BCUT2D eigenvalue weighted by Gasteiger charge is -2.25.